The van der Waals surface area contributed by atoms with Crippen molar-refractivity contribution in [3.63, 3.8) is 0 Å². The van der Waals surface area contributed by atoms with Crippen LogP contribution in [0.1, 0.15) is 40.0 Å². The summed E-state index contributed by atoms with van der Waals surface area (Å²) in [5.74, 6) is 0.915. The van der Waals surface area contributed by atoms with Gasteiger partial charge in [0.15, 0.2) is 0 Å². The molecule has 0 saturated heterocycles. The van der Waals surface area contributed by atoms with Crippen LogP contribution in [0.4, 0.5) is 0 Å². The summed E-state index contributed by atoms with van der Waals surface area (Å²) in [7, 11) is 0. The summed E-state index contributed by atoms with van der Waals surface area (Å²) in [4.78, 5) is 0. The maximum absolute atomic E-state index is 3.33. The molecule has 0 saturated carbocycles. The molecule has 0 spiro atoms. The smallest absolute Gasteiger partial charge is 0.00489 e. The first-order valence-corrected chi connectivity index (χ1v) is 4.52. The molecule has 1 heteroatoms. The standard InChI is InChI=1S/C9H21N/c1-4-9(3)7-6-8-10-5-2/h9-10H,4-8H2,1-3H3. The van der Waals surface area contributed by atoms with Gasteiger partial charge in [0.25, 0.3) is 0 Å². The fourth-order valence-corrected chi connectivity index (χ4v) is 0.956. The quantitative estimate of drug-likeness (QED) is 0.563. The van der Waals surface area contributed by atoms with Crippen LogP contribution in [-0.4, -0.2) is 13.1 Å². The van der Waals surface area contributed by atoms with Gasteiger partial charge in [0, 0.05) is 0 Å². The van der Waals surface area contributed by atoms with Gasteiger partial charge in [-0.2, -0.15) is 0 Å². The van der Waals surface area contributed by atoms with Gasteiger partial charge in [-0.15, -0.1) is 0 Å². The van der Waals surface area contributed by atoms with E-state index in [1.165, 1.54) is 25.8 Å². The molecule has 1 nitrogen and oxygen atoms in total. The summed E-state index contributed by atoms with van der Waals surface area (Å²) in [5.41, 5.74) is 0. The van der Waals surface area contributed by atoms with Gasteiger partial charge in [0.05, 0.1) is 0 Å². The second-order valence-electron chi connectivity index (χ2n) is 3.01. The van der Waals surface area contributed by atoms with Crippen molar-refractivity contribution >= 4 is 0 Å². The SMILES string of the molecule is CCNCCCC(C)CC. The fraction of sp³-hybridized carbons (Fsp3) is 1.00. The third-order valence-electron chi connectivity index (χ3n) is 2.00. The van der Waals surface area contributed by atoms with Crippen LogP contribution < -0.4 is 5.32 Å². The Morgan fingerprint density at radius 2 is 2.00 bits per heavy atom. The Bertz CT molecular complexity index is 61.7. The lowest BCUT2D eigenvalue weighted by molar-refractivity contribution is 0.484. The average molecular weight is 143 g/mol. The van der Waals surface area contributed by atoms with Gasteiger partial charge in [-0.3, -0.25) is 0 Å². The second kappa shape index (κ2) is 7.07. The van der Waals surface area contributed by atoms with E-state index in [1.54, 1.807) is 0 Å². The van der Waals surface area contributed by atoms with Crippen molar-refractivity contribution in [2.75, 3.05) is 13.1 Å². The van der Waals surface area contributed by atoms with E-state index in [9.17, 15) is 0 Å². The van der Waals surface area contributed by atoms with Gasteiger partial charge in [-0.05, 0) is 31.8 Å². The maximum Gasteiger partial charge on any atom is -0.00489 e. The summed E-state index contributed by atoms with van der Waals surface area (Å²) in [5, 5.41) is 3.33. The molecule has 0 fully saturated rings. The van der Waals surface area contributed by atoms with Gasteiger partial charge in [-0.25, -0.2) is 0 Å². The Morgan fingerprint density at radius 1 is 1.30 bits per heavy atom. The molecule has 0 aliphatic rings. The molecule has 1 atom stereocenters. The molecule has 0 aliphatic carbocycles. The minimum absolute atomic E-state index is 0.915. The van der Waals surface area contributed by atoms with E-state index in [0.717, 1.165) is 12.5 Å². The summed E-state index contributed by atoms with van der Waals surface area (Å²) in [6.45, 7) is 9.05. The molecular weight excluding hydrogens is 122 g/mol. The molecule has 0 aliphatic heterocycles. The van der Waals surface area contributed by atoms with Crippen molar-refractivity contribution in [1.29, 1.82) is 0 Å². The highest BCUT2D eigenvalue weighted by Crippen LogP contribution is 2.07. The molecule has 0 aromatic heterocycles. The van der Waals surface area contributed by atoms with E-state index >= 15 is 0 Å². The van der Waals surface area contributed by atoms with Crippen LogP contribution in [0.25, 0.3) is 0 Å². The molecule has 0 aromatic carbocycles. The molecule has 0 bridgehead atoms. The molecular formula is C9H21N. The molecule has 0 amide bonds. The third kappa shape index (κ3) is 6.09. The third-order valence-corrected chi connectivity index (χ3v) is 2.00. The number of hydrogen-bond acceptors (Lipinski definition) is 1. The first-order chi connectivity index (χ1) is 4.81. The van der Waals surface area contributed by atoms with Gasteiger partial charge in [-0.1, -0.05) is 27.2 Å². The second-order valence-corrected chi connectivity index (χ2v) is 3.01. The molecule has 0 rings (SSSR count). The van der Waals surface area contributed by atoms with E-state index in [2.05, 4.69) is 26.1 Å². The highest BCUT2D eigenvalue weighted by atomic mass is 14.8. The number of rotatable bonds is 6. The van der Waals surface area contributed by atoms with E-state index in [-0.39, 0.29) is 0 Å². The van der Waals surface area contributed by atoms with Gasteiger partial charge >= 0.3 is 0 Å². The topological polar surface area (TPSA) is 12.0 Å². The Hall–Kier alpha value is -0.0400. The van der Waals surface area contributed by atoms with Crippen molar-refractivity contribution in [3.05, 3.63) is 0 Å². The lowest BCUT2D eigenvalue weighted by Crippen LogP contribution is -2.14. The molecule has 62 valence electrons. The van der Waals surface area contributed by atoms with Crippen molar-refractivity contribution in [3.8, 4) is 0 Å². The average Bonchev–Trinajstić information content (AvgIpc) is 1.98. The summed E-state index contributed by atoms with van der Waals surface area (Å²) < 4.78 is 0. The Labute approximate surface area is 65.2 Å². The largest absolute Gasteiger partial charge is 0.317 e. The van der Waals surface area contributed by atoms with Crippen LogP contribution in [0.5, 0.6) is 0 Å². The first kappa shape index (κ1) is 9.96. The molecule has 0 aromatic rings. The first-order valence-electron chi connectivity index (χ1n) is 4.52. The maximum atomic E-state index is 3.33. The van der Waals surface area contributed by atoms with E-state index in [0.29, 0.717) is 0 Å². The van der Waals surface area contributed by atoms with Gasteiger partial charge < -0.3 is 5.32 Å². The van der Waals surface area contributed by atoms with E-state index in [1.807, 2.05) is 0 Å². The predicted molar refractivity (Wildman–Crippen MR) is 47.2 cm³/mol. The molecule has 1 unspecified atom stereocenters. The van der Waals surface area contributed by atoms with Crippen molar-refractivity contribution in [2.24, 2.45) is 5.92 Å². The highest BCUT2D eigenvalue weighted by molar-refractivity contribution is 4.51. The minimum atomic E-state index is 0.915. The molecule has 0 heterocycles. The van der Waals surface area contributed by atoms with Crippen molar-refractivity contribution < 1.29 is 0 Å². The lowest BCUT2D eigenvalue weighted by atomic mass is 10.0. The lowest BCUT2D eigenvalue weighted by Gasteiger charge is -2.07. The van der Waals surface area contributed by atoms with E-state index < -0.39 is 0 Å². The van der Waals surface area contributed by atoms with Crippen LogP contribution in [0, 0.1) is 5.92 Å². The Kier molecular flexibility index (Phi) is 7.04. The normalized spacial score (nSPS) is 13.5. The molecule has 10 heavy (non-hydrogen) atoms. The van der Waals surface area contributed by atoms with Crippen LogP contribution >= 0.6 is 0 Å². The Balaban J connectivity index is 2.89. The summed E-state index contributed by atoms with van der Waals surface area (Å²) in [6, 6.07) is 0. The van der Waals surface area contributed by atoms with Gasteiger partial charge in [0.2, 0.25) is 0 Å². The van der Waals surface area contributed by atoms with Crippen molar-refractivity contribution in [2.45, 2.75) is 40.0 Å². The van der Waals surface area contributed by atoms with Crippen LogP contribution in [0.15, 0.2) is 0 Å². The minimum Gasteiger partial charge on any atom is -0.317 e. The van der Waals surface area contributed by atoms with E-state index in [4.69, 9.17) is 0 Å². The van der Waals surface area contributed by atoms with Crippen LogP contribution in [0.3, 0.4) is 0 Å². The number of hydrogen-bond donors (Lipinski definition) is 1. The van der Waals surface area contributed by atoms with Crippen LogP contribution in [0.2, 0.25) is 0 Å². The predicted octanol–water partition coefficient (Wildman–Crippen LogP) is 2.42. The summed E-state index contributed by atoms with van der Waals surface area (Å²) >= 11 is 0. The zero-order valence-electron chi connectivity index (χ0n) is 7.61. The molecule has 0 radical (unpaired) electrons. The van der Waals surface area contributed by atoms with Gasteiger partial charge in [0.1, 0.15) is 0 Å². The van der Waals surface area contributed by atoms with Crippen molar-refractivity contribution in [1.82, 2.24) is 5.32 Å². The fourth-order valence-electron chi connectivity index (χ4n) is 0.956. The zero-order chi connectivity index (χ0) is 7.82. The monoisotopic (exact) mass is 143 g/mol. The van der Waals surface area contributed by atoms with Crippen LogP contribution in [-0.2, 0) is 0 Å². The highest BCUT2D eigenvalue weighted by Gasteiger charge is 1.96. The number of nitrogens with one attached hydrogen (secondary N) is 1. The zero-order valence-corrected chi connectivity index (χ0v) is 7.61. The molecule has 1 N–H and O–H groups in total. The Morgan fingerprint density at radius 3 is 2.50 bits per heavy atom. The summed E-state index contributed by atoms with van der Waals surface area (Å²) in [6.07, 6.45) is 4.04.